The smallest absolute Gasteiger partial charge is 0.311 e. The zero-order valence-corrected chi connectivity index (χ0v) is 9.72. The quantitative estimate of drug-likeness (QED) is 0.614. The molecule has 1 aromatic rings. The molecule has 2 unspecified atom stereocenters. The second kappa shape index (κ2) is 5.09. The fourth-order valence-corrected chi connectivity index (χ4v) is 2.07. The third kappa shape index (κ3) is 2.71. The SMILES string of the molecule is CC1NCCCC1Nc1ncccc1[N+](=O)[O-]. The summed E-state index contributed by atoms with van der Waals surface area (Å²) in [7, 11) is 0. The van der Waals surface area contributed by atoms with E-state index in [4.69, 9.17) is 0 Å². The van der Waals surface area contributed by atoms with Crippen molar-refractivity contribution < 1.29 is 4.92 Å². The van der Waals surface area contributed by atoms with Gasteiger partial charge in [0.25, 0.3) is 0 Å². The molecule has 2 rings (SSSR count). The molecule has 92 valence electrons. The Bertz CT molecular complexity index is 410. The van der Waals surface area contributed by atoms with Crippen LogP contribution in [-0.2, 0) is 0 Å². The molecule has 0 aliphatic carbocycles. The van der Waals surface area contributed by atoms with E-state index in [2.05, 4.69) is 22.5 Å². The molecule has 0 amide bonds. The van der Waals surface area contributed by atoms with Gasteiger partial charge >= 0.3 is 5.69 Å². The molecule has 2 heterocycles. The first-order valence-corrected chi connectivity index (χ1v) is 5.78. The van der Waals surface area contributed by atoms with Crippen molar-refractivity contribution in [1.82, 2.24) is 10.3 Å². The predicted octanol–water partition coefficient (Wildman–Crippen LogP) is 1.54. The minimum atomic E-state index is -0.406. The molecule has 1 aliphatic heterocycles. The van der Waals surface area contributed by atoms with Crippen LogP contribution in [-0.4, -0.2) is 28.5 Å². The van der Waals surface area contributed by atoms with E-state index in [1.165, 1.54) is 6.07 Å². The second-order valence-electron chi connectivity index (χ2n) is 4.26. The Morgan fingerprint density at radius 3 is 3.18 bits per heavy atom. The average molecular weight is 236 g/mol. The first-order chi connectivity index (χ1) is 8.18. The van der Waals surface area contributed by atoms with Gasteiger partial charge in [0.15, 0.2) is 0 Å². The molecule has 17 heavy (non-hydrogen) atoms. The van der Waals surface area contributed by atoms with Crippen molar-refractivity contribution in [1.29, 1.82) is 0 Å². The fourth-order valence-electron chi connectivity index (χ4n) is 2.07. The molecule has 6 nitrogen and oxygen atoms in total. The minimum Gasteiger partial charge on any atom is -0.360 e. The van der Waals surface area contributed by atoms with E-state index in [-0.39, 0.29) is 11.7 Å². The highest BCUT2D eigenvalue weighted by atomic mass is 16.6. The minimum absolute atomic E-state index is 0.0327. The predicted molar refractivity (Wildman–Crippen MR) is 65.0 cm³/mol. The first-order valence-electron chi connectivity index (χ1n) is 5.78. The molecule has 6 heteroatoms. The molecule has 1 aromatic heterocycles. The van der Waals surface area contributed by atoms with Gasteiger partial charge < -0.3 is 10.6 Å². The van der Waals surface area contributed by atoms with Gasteiger partial charge in [-0.3, -0.25) is 10.1 Å². The van der Waals surface area contributed by atoms with Gasteiger partial charge in [-0.2, -0.15) is 0 Å². The summed E-state index contributed by atoms with van der Waals surface area (Å²) in [6.45, 7) is 3.08. The molecule has 1 fully saturated rings. The molecule has 1 aliphatic rings. The average Bonchev–Trinajstić information content (AvgIpc) is 2.32. The lowest BCUT2D eigenvalue weighted by atomic mass is 10.00. The van der Waals surface area contributed by atoms with Crippen molar-refractivity contribution in [2.75, 3.05) is 11.9 Å². The second-order valence-corrected chi connectivity index (χ2v) is 4.26. The number of nitrogens with one attached hydrogen (secondary N) is 2. The number of pyridine rings is 1. The maximum absolute atomic E-state index is 10.9. The maximum atomic E-state index is 10.9. The van der Waals surface area contributed by atoms with E-state index in [0.717, 1.165) is 19.4 Å². The number of piperidine rings is 1. The Labute approximate surface area is 99.6 Å². The van der Waals surface area contributed by atoms with Crippen LogP contribution >= 0.6 is 0 Å². The molecular formula is C11H16N4O2. The summed E-state index contributed by atoms with van der Waals surface area (Å²) in [5, 5.41) is 17.4. The molecular weight excluding hydrogens is 220 g/mol. The van der Waals surface area contributed by atoms with Crippen molar-refractivity contribution in [2.45, 2.75) is 31.8 Å². The number of nitro groups is 1. The van der Waals surface area contributed by atoms with Gasteiger partial charge in [-0.15, -0.1) is 0 Å². The van der Waals surface area contributed by atoms with Crippen LogP contribution in [0.15, 0.2) is 18.3 Å². The Morgan fingerprint density at radius 1 is 1.65 bits per heavy atom. The van der Waals surface area contributed by atoms with Crippen LogP contribution in [0.5, 0.6) is 0 Å². The van der Waals surface area contributed by atoms with Crippen molar-refractivity contribution in [3.05, 3.63) is 28.4 Å². The topological polar surface area (TPSA) is 80.1 Å². The number of aromatic nitrogens is 1. The van der Waals surface area contributed by atoms with E-state index in [9.17, 15) is 10.1 Å². The van der Waals surface area contributed by atoms with Crippen molar-refractivity contribution in [3.63, 3.8) is 0 Å². The Hall–Kier alpha value is -1.69. The summed E-state index contributed by atoms with van der Waals surface area (Å²) in [5.74, 6) is 0.359. The summed E-state index contributed by atoms with van der Waals surface area (Å²) < 4.78 is 0. The lowest BCUT2D eigenvalue weighted by Crippen LogP contribution is -2.46. The van der Waals surface area contributed by atoms with Crippen LogP contribution in [0.2, 0.25) is 0 Å². The van der Waals surface area contributed by atoms with Crippen molar-refractivity contribution in [2.24, 2.45) is 0 Å². The van der Waals surface area contributed by atoms with Gasteiger partial charge in [-0.05, 0) is 32.4 Å². The Morgan fingerprint density at radius 2 is 2.47 bits per heavy atom. The normalized spacial score (nSPS) is 24.3. The maximum Gasteiger partial charge on any atom is 0.311 e. The lowest BCUT2D eigenvalue weighted by Gasteiger charge is -2.30. The lowest BCUT2D eigenvalue weighted by molar-refractivity contribution is -0.384. The molecule has 2 atom stereocenters. The van der Waals surface area contributed by atoms with E-state index >= 15 is 0 Å². The molecule has 2 N–H and O–H groups in total. The molecule has 0 bridgehead atoms. The summed E-state index contributed by atoms with van der Waals surface area (Å²) in [5.41, 5.74) is 0.0327. The van der Waals surface area contributed by atoms with E-state index in [1.54, 1.807) is 12.3 Å². The zero-order valence-electron chi connectivity index (χ0n) is 9.72. The third-order valence-corrected chi connectivity index (χ3v) is 3.07. The third-order valence-electron chi connectivity index (χ3n) is 3.07. The molecule has 0 radical (unpaired) electrons. The molecule has 0 spiro atoms. The summed E-state index contributed by atoms with van der Waals surface area (Å²) >= 11 is 0. The Kier molecular flexibility index (Phi) is 3.53. The highest BCUT2D eigenvalue weighted by Gasteiger charge is 2.24. The number of anilines is 1. The summed E-state index contributed by atoms with van der Waals surface area (Å²) in [6, 6.07) is 3.53. The van der Waals surface area contributed by atoms with Crippen molar-refractivity contribution in [3.8, 4) is 0 Å². The highest BCUT2D eigenvalue weighted by molar-refractivity contribution is 5.55. The van der Waals surface area contributed by atoms with E-state index in [0.29, 0.717) is 11.9 Å². The number of rotatable bonds is 3. The molecule has 1 saturated heterocycles. The molecule has 0 aromatic carbocycles. The van der Waals surface area contributed by atoms with E-state index in [1.807, 2.05) is 0 Å². The van der Waals surface area contributed by atoms with Crippen molar-refractivity contribution >= 4 is 11.5 Å². The van der Waals surface area contributed by atoms with Gasteiger partial charge in [0.2, 0.25) is 5.82 Å². The number of hydrogen-bond acceptors (Lipinski definition) is 5. The van der Waals surface area contributed by atoms with Gasteiger partial charge in [0.1, 0.15) is 0 Å². The number of nitrogens with zero attached hydrogens (tertiary/aromatic N) is 2. The molecule has 0 saturated carbocycles. The van der Waals surface area contributed by atoms with Crippen LogP contribution in [0.4, 0.5) is 11.5 Å². The van der Waals surface area contributed by atoms with Crippen LogP contribution in [0.25, 0.3) is 0 Å². The highest BCUT2D eigenvalue weighted by Crippen LogP contribution is 2.23. The largest absolute Gasteiger partial charge is 0.360 e. The first kappa shape index (κ1) is 11.8. The van der Waals surface area contributed by atoms with Crippen LogP contribution < -0.4 is 10.6 Å². The van der Waals surface area contributed by atoms with Crippen LogP contribution in [0.1, 0.15) is 19.8 Å². The zero-order chi connectivity index (χ0) is 12.3. The standard InChI is InChI=1S/C11H16N4O2/c1-8-9(4-2-6-12-8)14-11-10(15(16)17)5-3-7-13-11/h3,5,7-9,12H,2,4,6H2,1H3,(H,13,14). The van der Waals surface area contributed by atoms with Gasteiger partial charge in [-0.25, -0.2) is 4.98 Å². The van der Waals surface area contributed by atoms with Crippen LogP contribution in [0.3, 0.4) is 0 Å². The fraction of sp³-hybridized carbons (Fsp3) is 0.545. The van der Waals surface area contributed by atoms with Gasteiger partial charge in [0, 0.05) is 24.3 Å². The van der Waals surface area contributed by atoms with Gasteiger partial charge in [-0.1, -0.05) is 0 Å². The summed E-state index contributed by atoms with van der Waals surface area (Å²) in [4.78, 5) is 14.5. The monoisotopic (exact) mass is 236 g/mol. The summed E-state index contributed by atoms with van der Waals surface area (Å²) in [6.07, 6.45) is 3.64. The van der Waals surface area contributed by atoms with Gasteiger partial charge in [0.05, 0.1) is 4.92 Å². The number of hydrogen-bond donors (Lipinski definition) is 2. The Balaban J connectivity index is 2.14. The van der Waals surface area contributed by atoms with Crippen LogP contribution in [0, 0.1) is 10.1 Å². The van der Waals surface area contributed by atoms with E-state index < -0.39 is 4.92 Å².